The van der Waals surface area contributed by atoms with Gasteiger partial charge in [-0.05, 0) is 30.7 Å². The third-order valence-electron chi connectivity index (χ3n) is 3.95. The summed E-state index contributed by atoms with van der Waals surface area (Å²) < 4.78 is 19.2. The quantitative estimate of drug-likeness (QED) is 0.695. The van der Waals surface area contributed by atoms with Gasteiger partial charge in [0.15, 0.2) is 5.82 Å². The number of halogens is 2. The molecule has 0 fully saturated rings. The number of nitrogens with zero attached hydrogens (tertiary/aromatic N) is 2. The second-order valence-electron chi connectivity index (χ2n) is 5.94. The van der Waals surface area contributed by atoms with Crippen molar-refractivity contribution in [2.75, 3.05) is 7.11 Å². The van der Waals surface area contributed by atoms with Gasteiger partial charge in [0.1, 0.15) is 11.3 Å². The number of hydrogen-bond acceptors (Lipinski definition) is 5. The first-order valence-electron chi connectivity index (χ1n) is 7.48. The predicted molar refractivity (Wildman–Crippen MR) is 92.5 cm³/mol. The molecule has 0 unspecified atom stereocenters. The molecule has 0 aliphatic carbocycles. The number of carbonyl (C=O) groups excluding carboxylic acids is 1. The van der Waals surface area contributed by atoms with Gasteiger partial charge in [-0.2, -0.15) is 0 Å². The molecule has 0 aliphatic heterocycles. The smallest absolute Gasteiger partial charge is 0.307 e. The van der Waals surface area contributed by atoms with Crippen molar-refractivity contribution in [1.82, 2.24) is 15.0 Å². The lowest BCUT2D eigenvalue weighted by molar-refractivity contribution is -0.141. The molecule has 6 nitrogen and oxygen atoms in total. The van der Waals surface area contributed by atoms with Crippen LogP contribution in [0.5, 0.6) is 0 Å². The largest absolute Gasteiger partial charge is 0.469 e. The van der Waals surface area contributed by atoms with Crippen molar-refractivity contribution in [3.63, 3.8) is 0 Å². The van der Waals surface area contributed by atoms with Gasteiger partial charge in [-0.15, -0.1) is 0 Å². The Balaban J connectivity index is 2.14. The van der Waals surface area contributed by atoms with Crippen LogP contribution < -0.4 is 5.73 Å². The normalized spacial score (nSPS) is 13.6. The minimum Gasteiger partial charge on any atom is -0.469 e. The molecule has 8 heteroatoms. The molecule has 0 saturated heterocycles. The summed E-state index contributed by atoms with van der Waals surface area (Å²) in [4.78, 5) is 22.9. The Morgan fingerprint density at radius 2 is 2.28 bits per heavy atom. The number of H-pyrrole nitrogens is 1. The summed E-state index contributed by atoms with van der Waals surface area (Å²) in [5.74, 6) is -0.655. The molecule has 0 radical (unpaired) electrons. The zero-order chi connectivity index (χ0) is 18.2. The van der Waals surface area contributed by atoms with Gasteiger partial charge in [0, 0.05) is 18.0 Å². The zero-order valence-corrected chi connectivity index (χ0v) is 14.4. The van der Waals surface area contributed by atoms with E-state index in [1.54, 1.807) is 31.5 Å². The van der Waals surface area contributed by atoms with Gasteiger partial charge in [0.25, 0.3) is 0 Å². The van der Waals surface area contributed by atoms with E-state index < -0.39 is 17.3 Å². The van der Waals surface area contributed by atoms with E-state index >= 15 is 0 Å². The van der Waals surface area contributed by atoms with E-state index in [0.717, 1.165) is 0 Å². The van der Waals surface area contributed by atoms with Crippen molar-refractivity contribution < 1.29 is 13.9 Å². The van der Waals surface area contributed by atoms with Gasteiger partial charge >= 0.3 is 5.97 Å². The molecule has 0 bridgehead atoms. The van der Waals surface area contributed by atoms with E-state index in [-0.39, 0.29) is 17.0 Å². The second-order valence-corrected chi connectivity index (χ2v) is 6.32. The number of methoxy groups -OCH3 is 1. The van der Waals surface area contributed by atoms with Crippen LogP contribution in [0.15, 0.2) is 30.6 Å². The summed E-state index contributed by atoms with van der Waals surface area (Å²) in [5, 5.41) is 0.216. The van der Waals surface area contributed by atoms with Gasteiger partial charge in [0.2, 0.25) is 0 Å². The number of hydrogen-bond donors (Lipinski definition) is 2. The van der Waals surface area contributed by atoms with Crippen LogP contribution in [0.1, 0.15) is 18.9 Å². The average Bonchev–Trinajstić information content (AvgIpc) is 3.04. The molecule has 1 aromatic carbocycles. The first-order chi connectivity index (χ1) is 11.8. The molecule has 25 heavy (non-hydrogen) atoms. The molecule has 2 heterocycles. The van der Waals surface area contributed by atoms with Gasteiger partial charge in [-0.1, -0.05) is 11.6 Å². The van der Waals surface area contributed by atoms with Gasteiger partial charge in [-0.25, -0.2) is 9.37 Å². The fourth-order valence-electron chi connectivity index (χ4n) is 2.62. The van der Waals surface area contributed by atoms with Crippen LogP contribution in [0.2, 0.25) is 5.02 Å². The highest BCUT2D eigenvalue weighted by Gasteiger charge is 2.30. The number of imidazole rings is 1. The fourth-order valence-corrected chi connectivity index (χ4v) is 3.03. The Morgan fingerprint density at radius 1 is 1.52 bits per heavy atom. The number of aromatic amines is 1. The average molecular weight is 363 g/mol. The Kier molecular flexibility index (Phi) is 4.45. The van der Waals surface area contributed by atoms with E-state index in [0.29, 0.717) is 22.5 Å². The Hall–Kier alpha value is -2.51. The van der Waals surface area contributed by atoms with E-state index in [4.69, 9.17) is 17.3 Å². The lowest BCUT2D eigenvalue weighted by Gasteiger charge is -2.25. The summed E-state index contributed by atoms with van der Waals surface area (Å²) >= 11 is 6.44. The van der Waals surface area contributed by atoms with Gasteiger partial charge in [0.05, 0.1) is 29.6 Å². The molecule has 1 atom stereocenters. The number of esters is 1. The van der Waals surface area contributed by atoms with Gasteiger partial charge < -0.3 is 15.5 Å². The highest BCUT2D eigenvalue weighted by Crippen LogP contribution is 2.36. The Labute approximate surface area is 148 Å². The van der Waals surface area contributed by atoms with Gasteiger partial charge in [-0.3, -0.25) is 9.78 Å². The number of benzene rings is 1. The van der Waals surface area contributed by atoms with Crippen molar-refractivity contribution in [2.24, 2.45) is 5.73 Å². The minimum absolute atomic E-state index is 0.0986. The van der Waals surface area contributed by atoms with Crippen molar-refractivity contribution in [3.05, 3.63) is 47.0 Å². The molecule has 0 amide bonds. The zero-order valence-electron chi connectivity index (χ0n) is 13.6. The van der Waals surface area contributed by atoms with E-state index in [1.807, 2.05) is 0 Å². The van der Waals surface area contributed by atoms with E-state index in [1.165, 1.54) is 13.2 Å². The van der Waals surface area contributed by atoms with Crippen LogP contribution in [0, 0.1) is 5.82 Å². The van der Waals surface area contributed by atoms with Crippen molar-refractivity contribution in [2.45, 2.75) is 18.9 Å². The number of aromatic nitrogens is 3. The van der Waals surface area contributed by atoms with E-state index in [2.05, 4.69) is 19.7 Å². The van der Waals surface area contributed by atoms with E-state index in [9.17, 15) is 9.18 Å². The molecule has 130 valence electrons. The molecular formula is C17H16ClFN4O2. The number of fused-ring (bicyclic) bond motifs is 1. The van der Waals surface area contributed by atoms with Crippen LogP contribution in [0.3, 0.4) is 0 Å². The summed E-state index contributed by atoms with van der Waals surface area (Å²) in [5.41, 5.74) is 6.41. The highest BCUT2D eigenvalue weighted by atomic mass is 35.5. The predicted octanol–water partition coefficient (Wildman–Crippen LogP) is 3.15. The Morgan fingerprint density at radius 3 is 2.92 bits per heavy atom. The third-order valence-corrected chi connectivity index (χ3v) is 4.34. The molecule has 0 aliphatic rings. The molecule has 3 aromatic rings. The number of ether oxygens (including phenoxy) is 1. The van der Waals surface area contributed by atoms with Crippen molar-refractivity contribution in [1.29, 1.82) is 0 Å². The number of nitrogens with two attached hydrogens (primary N) is 1. The molecular weight excluding hydrogens is 347 g/mol. The fraction of sp³-hybridized carbons (Fsp3) is 0.235. The van der Waals surface area contributed by atoms with Crippen LogP contribution in [0.4, 0.5) is 4.39 Å². The van der Waals surface area contributed by atoms with Crippen LogP contribution in [-0.2, 0) is 15.1 Å². The SMILES string of the molecule is COC(=O)C[C@](C)(N)c1cc(F)c2nc(-c3cccnc3)[nH]c2c1Cl. The molecule has 3 rings (SSSR count). The standard InChI is InChI=1S/C17H16ClFN4O2/c1-17(20,7-12(24)25-2)10-6-11(19)14-15(13(10)18)23-16(22-14)9-4-3-5-21-8-9/h3-6,8H,7,20H2,1-2H3,(H,22,23)/t17-/m0/s1. The number of rotatable bonds is 4. The molecule has 0 saturated carbocycles. The summed E-state index contributed by atoms with van der Waals surface area (Å²) in [6.07, 6.45) is 3.09. The van der Waals surface area contributed by atoms with Crippen molar-refractivity contribution >= 4 is 28.6 Å². The second kappa shape index (κ2) is 6.42. The molecule has 2 aromatic heterocycles. The maximum Gasteiger partial charge on any atom is 0.307 e. The first kappa shape index (κ1) is 17.3. The van der Waals surface area contributed by atoms with Crippen LogP contribution in [0.25, 0.3) is 22.4 Å². The highest BCUT2D eigenvalue weighted by molar-refractivity contribution is 6.36. The van der Waals surface area contributed by atoms with Crippen LogP contribution >= 0.6 is 11.6 Å². The Bertz CT molecular complexity index is 941. The summed E-state index contributed by atoms with van der Waals surface area (Å²) in [7, 11) is 1.26. The number of carbonyl (C=O) groups is 1. The first-order valence-corrected chi connectivity index (χ1v) is 7.85. The molecule has 0 spiro atoms. The summed E-state index contributed by atoms with van der Waals surface area (Å²) in [6.45, 7) is 1.59. The lowest BCUT2D eigenvalue weighted by Crippen LogP contribution is -2.36. The maximum absolute atomic E-state index is 14.6. The lowest BCUT2D eigenvalue weighted by atomic mass is 9.89. The number of pyridine rings is 1. The third kappa shape index (κ3) is 3.20. The molecule has 3 N–H and O–H groups in total. The van der Waals surface area contributed by atoms with Crippen molar-refractivity contribution in [3.8, 4) is 11.4 Å². The maximum atomic E-state index is 14.6. The number of nitrogens with one attached hydrogen (secondary N) is 1. The summed E-state index contributed by atoms with van der Waals surface area (Å²) in [6, 6.07) is 4.75. The van der Waals surface area contributed by atoms with Crippen LogP contribution in [-0.4, -0.2) is 28.0 Å². The monoisotopic (exact) mass is 362 g/mol. The minimum atomic E-state index is -1.20. The topological polar surface area (TPSA) is 93.9 Å².